The standard InChI is InChI=1S/C21H20N6O/c1-25(2)21(28)12-5-6-14-16(11-26(3)18(14)7-12)17-8-15-19-13(10-23-27(19)4)9-22-20(15)24-17/h5-11H,1-4H3,(H,22,24). The van der Waals surface area contributed by atoms with E-state index in [4.69, 9.17) is 0 Å². The molecule has 0 unspecified atom stereocenters. The minimum atomic E-state index is -0.00179. The van der Waals surface area contributed by atoms with E-state index in [1.54, 1.807) is 19.0 Å². The largest absolute Gasteiger partial charge is 0.350 e. The van der Waals surface area contributed by atoms with Crippen LogP contribution < -0.4 is 0 Å². The predicted molar refractivity (Wildman–Crippen MR) is 110 cm³/mol. The molecule has 4 aromatic heterocycles. The lowest BCUT2D eigenvalue weighted by molar-refractivity contribution is 0.0827. The van der Waals surface area contributed by atoms with Crippen molar-refractivity contribution in [2.45, 2.75) is 0 Å². The number of aromatic nitrogens is 5. The average Bonchev–Trinajstić information content (AvgIpc) is 3.36. The zero-order chi connectivity index (χ0) is 19.6. The van der Waals surface area contributed by atoms with Gasteiger partial charge in [0, 0.05) is 79.1 Å². The molecule has 0 aliphatic heterocycles. The molecule has 0 fully saturated rings. The van der Waals surface area contributed by atoms with Crippen LogP contribution in [0.5, 0.6) is 0 Å². The van der Waals surface area contributed by atoms with Crippen LogP contribution >= 0.6 is 0 Å². The molecule has 4 heterocycles. The van der Waals surface area contributed by atoms with Gasteiger partial charge in [0.1, 0.15) is 5.65 Å². The van der Waals surface area contributed by atoms with Gasteiger partial charge >= 0.3 is 0 Å². The summed E-state index contributed by atoms with van der Waals surface area (Å²) in [7, 11) is 7.46. The normalized spacial score (nSPS) is 11.7. The van der Waals surface area contributed by atoms with Crippen molar-refractivity contribution in [1.82, 2.24) is 29.2 Å². The Bertz CT molecular complexity index is 1380. The van der Waals surface area contributed by atoms with E-state index in [-0.39, 0.29) is 5.91 Å². The number of carbonyl (C=O) groups is 1. The van der Waals surface area contributed by atoms with Crippen LogP contribution in [0.15, 0.2) is 42.9 Å². The lowest BCUT2D eigenvalue weighted by Gasteiger charge is -2.10. The number of benzene rings is 1. The smallest absolute Gasteiger partial charge is 0.253 e. The van der Waals surface area contributed by atoms with Gasteiger partial charge in [0.2, 0.25) is 0 Å². The maximum Gasteiger partial charge on any atom is 0.253 e. The summed E-state index contributed by atoms with van der Waals surface area (Å²) in [6.07, 6.45) is 5.75. The number of carbonyl (C=O) groups excluding carboxylic acids is 1. The second-order valence-electron chi connectivity index (χ2n) is 7.36. The van der Waals surface area contributed by atoms with E-state index >= 15 is 0 Å². The zero-order valence-corrected chi connectivity index (χ0v) is 16.2. The van der Waals surface area contributed by atoms with Crippen LogP contribution in [0.1, 0.15) is 10.4 Å². The van der Waals surface area contributed by atoms with Crippen molar-refractivity contribution in [3.05, 3.63) is 48.4 Å². The minimum absolute atomic E-state index is 0.00179. The molecule has 0 atom stereocenters. The van der Waals surface area contributed by atoms with Crippen LogP contribution in [0.2, 0.25) is 0 Å². The average molecular weight is 372 g/mol. The summed E-state index contributed by atoms with van der Waals surface area (Å²) in [5.41, 5.74) is 5.66. The fraction of sp³-hybridized carbons (Fsp3) is 0.190. The molecule has 140 valence electrons. The highest BCUT2D eigenvalue weighted by Crippen LogP contribution is 2.34. The maximum absolute atomic E-state index is 12.3. The number of aromatic amines is 1. The van der Waals surface area contributed by atoms with Gasteiger partial charge in [-0.05, 0) is 18.2 Å². The number of rotatable bonds is 2. The monoisotopic (exact) mass is 372 g/mol. The first-order valence-corrected chi connectivity index (χ1v) is 9.04. The zero-order valence-electron chi connectivity index (χ0n) is 16.2. The SMILES string of the molecule is CN(C)C(=O)c1ccc2c(-c3cc4c(ncc5cnn(C)c54)[nH]3)cn(C)c2c1. The van der Waals surface area contributed by atoms with Crippen LogP contribution in [-0.4, -0.2) is 49.2 Å². The van der Waals surface area contributed by atoms with Crippen molar-refractivity contribution >= 4 is 38.7 Å². The molecule has 0 saturated heterocycles. The van der Waals surface area contributed by atoms with Gasteiger partial charge in [0.05, 0.1) is 11.7 Å². The van der Waals surface area contributed by atoms with E-state index in [1.165, 1.54) is 0 Å². The van der Waals surface area contributed by atoms with E-state index in [0.717, 1.165) is 44.1 Å². The molecule has 5 aromatic rings. The number of nitrogens with one attached hydrogen (secondary N) is 1. The molecule has 0 radical (unpaired) electrons. The van der Waals surface area contributed by atoms with Crippen LogP contribution in [-0.2, 0) is 14.1 Å². The van der Waals surface area contributed by atoms with Crippen molar-refractivity contribution in [3.8, 4) is 11.3 Å². The predicted octanol–water partition coefficient (Wildman–Crippen LogP) is 3.31. The number of pyridine rings is 1. The topological polar surface area (TPSA) is 71.7 Å². The third-order valence-corrected chi connectivity index (χ3v) is 5.29. The van der Waals surface area contributed by atoms with Crippen LogP contribution in [0.25, 0.3) is 44.1 Å². The summed E-state index contributed by atoms with van der Waals surface area (Å²) >= 11 is 0. The third kappa shape index (κ3) is 2.26. The van der Waals surface area contributed by atoms with Crippen LogP contribution in [0.3, 0.4) is 0 Å². The highest BCUT2D eigenvalue weighted by Gasteiger charge is 2.16. The summed E-state index contributed by atoms with van der Waals surface area (Å²) in [5, 5.41) is 7.50. The summed E-state index contributed by atoms with van der Waals surface area (Å²) in [6.45, 7) is 0. The number of fused-ring (bicyclic) bond motifs is 4. The molecule has 5 rings (SSSR count). The first-order valence-electron chi connectivity index (χ1n) is 9.04. The molecule has 0 aliphatic rings. The fourth-order valence-electron chi connectivity index (χ4n) is 3.87. The van der Waals surface area contributed by atoms with Crippen molar-refractivity contribution in [2.24, 2.45) is 14.1 Å². The van der Waals surface area contributed by atoms with Gasteiger partial charge in [-0.25, -0.2) is 4.98 Å². The number of aryl methyl sites for hydroxylation is 2. The summed E-state index contributed by atoms with van der Waals surface area (Å²) in [5.74, 6) is -0.00179. The second-order valence-corrected chi connectivity index (χ2v) is 7.36. The summed E-state index contributed by atoms with van der Waals surface area (Å²) in [6, 6.07) is 7.97. The molecule has 28 heavy (non-hydrogen) atoms. The Labute approximate surface area is 161 Å². The molecule has 7 nitrogen and oxygen atoms in total. The second kappa shape index (κ2) is 5.69. The quantitative estimate of drug-likeness (QED) is 0.517. The van der Waals surface area contributed by atoms with E-state index in [1.807, 2.05) is 49.4 Å². The molecular weight excluding hydrogens is 352 g/mol. The maximum atomic E-state index is 12.3. The Morgan fingerprint density at radius 3 is 2.71 bits per heavy atom. The molecular formula is C21H20N6O. The molecule has 0 aliphatic carbocycles. The number of hydrogen-bond acceptors (Lipinski definition) is 3. The van der Waals surface area contributed by atoms with E-state index in [2.05, 4.69) is 31.9 Å². The molecule has 0 spiro atoms. The van der Waals surface area contributed by atoms with Crippen molar-refractivity contribution in [1.29, 1.82) is 0 Å². The van der Waals surface area contributed by atoms with Crippen molar-refractivity contribution in [3.63, 3.8) is 0 Å². The number of H-pyrrole nitrogens is 1. The van der Waals surface area contributed by atoms with Crippen LogP contribution in [0, 0.1) is 0 Å². The fourth-order valence-corrected chi connectivity index (χ4v) is 3.87. The first-order chi connectivity index (χ1) is 13.4. The van der Waals surface area contributed by atoms with Crippen LogP contribution in [0.4, 0.5) is 0 Å². The van der Waals surface area contributed by atoms with Gasteiger partial charge in [-0.1, -0.05) is 6.07 Å². The van der Waals surface area contributed by atoms with E-state index in [0.29, 0.717) is 5.56 Å². The Hall–Kier alpha value is -3.61. The van der Waals surface area contributed by atoms with E-state index < -0.39 is 0 Å². The Morgan fingerprint density at radius 2 is 1.93 bits per heavy atom. The minimum Gasteiger partial charge on any atom is -0.350 e. The van der Waals surface area contributed by atoms with Gasteiger partial charge in [-0.15, -0.1) is 0 Å². The first kappa shape index (κ1) is 16.6. The van der Waals surface area contributed by atoms with Gasteiger partial charge in [-0.2, -0.15) is 5.10 Å². The lowest BCUT2D eigenvalue weighted by Crippen LogP contribution is -2.21. The van der Waals surface area contributed by atoms with E-state index in [9.17, 15) is 4.79 Å². The molecule has 0 bridgehead atoms. The number of hydrogen-bond donors (Lipinski definition) is 1. The van der Waals surface area contributed by atoms with Gasteiger partial charge in [-0.3, -0.25) is 9.48 Å². The molecule has 0 saturated carbocycles. The lowest BCUT2D eigenvalue weighted by atomic mass is 10.1. The molecule has 7 heteroatoms. The molecule has 1 amide bonds. The number of amides is 1. The van der Waals surface area contributed by atoms with Crippen molar-refractivity contribution < 1.29 is 4.79 Å². The number of nitrogens with zero attached hydrogens (tertiary/aromatic N) is 5. The van der Waals surface area contributed by atoms with Gasteiger partial charge < -0.3 is 14.5 Å². The summed E-state index contributed by atoms with van der Waals surface area (Å²) < 4.78 is 3.93. The molecule has 1 aromatic carbocycles. The highest BCUT2D eigenvalue weighted by molar-refractivity contribution is 6.07. The van der Waals surface area contributed by atoms with Crippen molar-refractivity contribution in [2.75, 3.05) is 14.1 Å². The Morgan fingerprint density at radius 1 is 1.11 bits per heavy atom. The third-order valence-electron chi connectivity index (χ3n) is 5.29. The highest BCUT2D eigenvalue weighted by atomic mass is 16.2. The Balaban J connectivity index is 1.72. The Kier molecular flexibility index (Phi) is 3.37. The van der Waals surface area contributed by atoms with Gasteiger partial charge in [0.15, 0.2) is 0 Å². The summed E-state index contributed by atoms with van der Waals surface area (Å²) in [4.78, 5) is 21.9. The molecule has 1 N–H and O–H groups in total. The van der Waals surface area contributed by atoms with Gasteiger partial charge in [0.25, 0.3) is 5.91 Å².